The third kappa shape index (κ3) is 3.85. The summed E-state index contributed by atoms with van der Waals surface area (Å²) in [6.07, 6.45) is 0.675. The first kappa shape index (κ1) is 19.5. The highest BCUT2D eigenvalue weighted by atomic mass is 16.5. The molecule has 0 spiro atoms. The Balaban J connectivity index is 1.62. The Morgan fingerprint density at radius 3 is 2.57 bits per heavy atom. The largest absolute Gasteiger partial charge is 0.493 e. The summed E-state index contributed by atoms with van der Waals surface area (Å²) in [5.74, 6) is 1.16. The number of nitrogens with zero attached hydrogens (tertiary/aromatic N) is 3. The van der Waals surface area contributed by atoms with E-state index in [9.17, 15) is 4.79 Å². The number of H-pyrrole nitrogens is 1. The van der Waals surface area contributed by atoms with Crippen LogP contribution in [0.15, 0.2) is 24.3 Å². The van der Waals surface area contributed by atoms with Crippen molar-refractivity contribution in [2.45, 2.75) is 20.3 Å². The van der Waals surface area contributed by atoms with E-state index in [0.717, 1.165) is 22.5 Å². The number of carbonyl (C=O) groups is 1. The van der Waals surface area contributed by atoms with Gasteiger partial charge in [-0.05, 0) is 44.0 Å². The summed E-state index contributed by atoms with van der Waals surface area (Å²) in [6, 6.07) is 7.47. The number of amides is 1. The van der Waals surface area contributed by atoms with Gasteiger partial charge in [-0.15, -0.1) is 0 Å². The number of rotatable bonds is 7. The lowest BCUT2D eigenvalue weighted by molar-refractivity contribution is 0.0949. The van der Waals surface area contributed by atoms with Gasteiger partial charge in [0.15, 0.2) is 11.5 Å². The van der Waals surface area contributed by atoms with Gasteiger partial charge in [-0.1, -0.05) is 6.07 Å². The number of hydrogen-bond donors (Lipinski definition) is 2. The van der Waals surface area contributed by atoms with Gasteiger partial charge in [-0.3, -0.25) is 14.6 Å². The average molecular weight is 383 g/mol. The van der Waals surface area contributed by atoms with Gasteiger partial charge in [0.2, 0.25) is 0 Å². The van der Waals surface area contributed by atoms with Crippen molar-refractivity contribution in [2.24, 2.45) is 7.05 Å². The fourth-order valence-corrected chi connectivity index (χ4v) is 3.16. The number of nitrogens with one attached hydrogen (secondary N) is 2. The lowest BCUT2D eigenvalue weighted by Gasteiger charge is -2.09. The predicted octanol–water partition coefficient (Wildman–Crippen LogP) is 2.42. The van der Waals surface area contributed by atoms with E-state index < -0.39 is 0 Å². The molecule has 148 valence electrons. The van der Waals surface area contributed by atoms with Crippen molar-refractivity contribution in [3.8, 4) is 22.8 Å². The first-order valence-corrected chi connectivity index (χ1v) is 8.99. The lowest BCUT2D eigenvalue weighted by atomic mass is 10.1. The number of benzene rings is 1. The van der Waals surface area contributed by atoms with Crippen LogP contribution in [0, 0.1) is 13.8 Å². The van der Waals surface area contributed by atoms with E-state index in [1.165, 1.54) is 0 Å². The van der Waals surface area contributed by atoms with E-state index in [2.05, 4.69) is 20.6 Å². The smallest absolute Gasteiger partial charge is 0.269 e. The Hall–Kier alpha value is -3.29. The monoisotopic (exact) mass is 383 g/mol. The van der Waals surface area contributed by atoms with Crippen LogP contribution >= 0.6 is 0 Å². The molecule has 0 fully saturated rings. The summed E-state index contributed by atoms with van der Waals surface area (Å²) in [6.45, 7) is 4.40. The number of carbonyl (C=O) groups excluding carboxylic acids is 1. The highest BCUT2D eigenvalue weighted by Gasteiger charge is 2.17. The number of ether oxygens (including phenoxy) is 2. The fourth-order valence-electron chi connectivity index (χ4n) is 3.16. The third-order valence-electron chi connectivity index (χ3n) is 4.73. The fraction of sp³-hybridized carbons (Fsp3) is 0.350. The van der Waals surface area contributed by atoms with Crippen LogP contribution in [-0.4, -0.2) is 46.6 Å². The summed E-state index contributed by atoms with van der Waals surface area (Å²) < 4.78 is 12.4. The third-order valence-corrected chi connectivity index (χ3v) is 4.73. The molecule has 0 aliphatic rings. The molecular weight excluding hydrogens is 358 g/mol. The molecule has 3 rings (SSSR count). The van der Waals surface area contributed by atoms with Gasteiger partial charge in [0.1, 0.15) is 5.69 Å². The van der Waals surface area contributed by atoms with Crippen molar-refractivity contribution in [3.63, 3.8) is 0 Å². The second-order valence-electron chi connectivity index (χ2n) is 6.53. The van der Waals surface area contributed by atoms with Crippen LogP contribution in [0.3, 0.4) is 0 Å². The van der Waals surface area contributed by atoms with Gasteiger partial charge in [-0.2, -0.15) is 10.2 Å². The predicted molar refractivity (Wildman–Crippen MR) is 106 cm³/mol. The van der Waals surface area contributed by atoms with E-state index >= 15 is 0 Å². The topological polar surface area (TPSA) is 94.1 Å². The average Bonchev–Trinajstić information content (AvgIpc) is 3.26. The summed E-state index contributed by atoms with van der Waals surface area (Å²) >= 11 is 0. The molecule has 8 heteroatoms. The maximum Gasteiger partial charge on any atom is 0.269 e. The second kappa shape index (κ2) is 8.16. The van der Waals surface area contributed by atoms with Gasteiger partial charge < -0.3 is 14.8 Å². The minimum atomic E-state index is -0.196. The molecule has 8 nitrogen and oxygen atoms in total. The van der Waals surface area contributed by atoms with Crippen LogP contribution in [0.1, 0.15) is 27.4 Å². The molecular formula is C20H25N5O3. The molecule has 2 N–H and O–H groups in total. The zero-order valence-electron chi connectivity index (χ0n) is 16.8. The first-order chi connectivity index (χ1) is 13.4. The molecule has 1 aromatic carbocycles. The van der Waals surface area contributed by atoms with Crippen molar-refractivity contribution in [1.82, 2.24) is 25.3 Å². The molecule has 3 aromatic rings. The van der Waals surface area contributed by atoms with Crippen LogP contribution in [0.25, 0.3) is 11.3 Å². The summed E-state index contributed by atoms with van der Waals surface area (Å²) in [4.78, 5) is 12.4. The van der Waals surface area contributed by atoms with Crippen molar-refractivity contribution in [2.75, 3.05) is 20.8 Å². The standard InChI is InChI=1S/C20H25N5O3/c1-12-19(13(2)25(3)24-12)15-11-16(23-22-15)20(26)21-9-8-14-6-7-17(27-4)18(10-14)28-5/h6-7,10-11H,8-9H2,1-5H3,(H,21,26)(H,22,23). The quantitative estimate of drug-likeness (QED) is 0.653. The van der Waals surface area contributed by atoms with Crippen LogP contribution in [-0.2, 0) is 13.5 Å². The molecule has 2 aromatic heterocycles. The van der Waals surface area contributed by atoms with Crippen LogP contribution in [0.4, 0.5) is 0 Å². The van der Waals surface area contributed by atoms with Gasteiger partial charge in [-0.25, -0.2) is 0 Å². The van der Waals surface area contributed by atoms with Gasteiger partial charge in [0.25, 0.3) is 5.91 Å². The number of aromatic amines is 1. The SMILES string of the molecule is COc1ccc(CCNC(=O)c2cc(-c3c(C)nn(C)c3C)n[nH]2)cc1OC. The van der Waals surface area contributed by atoms with Crippen molar-refractivity contribution < 1.29 is 14.3 Å². The molecule has 0 radical (unpaired) electrons. The Morgan fingerprint density at radius 2 is 1.93 bits per heavy atom. The highest BCUT2D eigenvalue weighted by molar-refractivity contribution is 5.93. The number of aryl methyl sites for hydroxylation is 2. The normalized spacial score (nSPS) is 10.8. The van der Waals surface area contributed by atoms with Gasteiger partial charge in [0, 0.05) is 24.8 Å². The summed E-state index contributed by atoms with van der Waals surface area (Å²) in [5, 5.41) is 14.4. The van der Waals surface area contributed by atoms with Crippen LogP contribution in [0.2, 0.25) is 0 Å². The first-order valence-electron chi connectivity index (χ1n) is 8.99. The molecule has 28 heavy (non-hydrogen) atoms. The van der Waals surface area contributed by atoms with Gasteiger partial charge >= 0.3 is 0 Å². The molecule has 0 aliphatic heterocycles. The molecule has 0 bridgehead atoms. The Bertz CT molecular complexity index is 990. The van der Waals surface area contributed by atoms with Crippen molar-refractivity contribution >= 4 is 5.91 Å². The van der Waals surface area contributed by atoms with Gasteiger partial charge in [0.05, 0.1) is 25.6 Å². The molecule has 0 saturated heterocycles. The molecule has 2 heterocycles. The lowest BCUT2D eigenvalue weighted by Crippen LogP contribution is -2.26. The van der Waals surface area contributed by atoms with E-state index in [1.54, 1.807) is 20.3 Å². The zero-order valence-corrected chi connectivity index (χ0v) is 16.8. The number of methoxy groups -OCH3 is 2. The molecule has 0 saturated carbocycles. The van der Waals surface area contributed by atoms with E-state index in [1.807, 2.05) is 43.8 Å². The number of hydrogen-bond acceptors (Lipinski definition) is 5. The molecule has 0 atom stereocenters. The van der Waals surface area contributed by atoms with Crippen LogP contribution < -0.4 is 14.8 Å². The Kier molecular flexibility index (Phi) is 5.67. The minimum Gasteiger partial charge on any atom is -0.493 e. The van der Waals surface area contributed by atoms with Crippen molar-refractivity contribution in [3.05, 3.63) is 46.9 Å². The minimum absolute atomic E-state index is 0.196. The van der Waals surface area contributed by atoms with E-state index in [4.69, 9.17) is 9.47 Å². The Morgan fingerprint density at radius 1 is 1.18 bits per heavy atom. The van der Waals surface area contributed by atoms with E-state index in [0.29, 0.717) is 35.9 Å². The number of aromatic nitrogens is 4. The highest BCUT2D eigenvalue weighted by Crippen LogP contribution is 2.27. The zero-order chi connectivity index (χ0) is 20.3. The van der Waals surface area contributed by atoms with E-state index in [-0.39, 0.29) is 5.91 Å². The van der Waals surface area contributed by atoms with Crippen LogP contribution in [0.5, 0.6) is 11.5 Å². The molecule has 0 unspecified atom stereocenters. The maximum absolute atomic E-state index is 12.4. The van der Waals surface area contributed by atoms with Crippen molar-refractivity contribution in [1.29, 1.82) is 0 Å². The summed E-state index contributed by atoms with van der Waals surface area (Å²) in [7, 11) is 5.09. The molecule has 1 amide bonds. The summed E-state index contributed by atoms with van der Waals surface area (Å²) in [5.41, 5.74) is 5.02. The second-order valence-corrected chi connectivity index (χ2v) is 6.53. The Labute approximate surface area is 163 Å². The maximum atomic E-state index is 12.4. The molecule has 0 aliphatic carbocycles.